The third kappa shape index (κ3) is 10.2. The van der Waals surface area contributed by atoms with E-state index in [1.165, 1.54) is 0 Å². The average molecular weight is 566 g/mol. The van der Waals surface area contributed by atoms with E-state index in [4.69, 9.17) is 15.2 Å². The Hall–Kier alpha value is -3.53. The van der Waals surface area contributed by atoms with E-state index in [9.17, 15) is 14.7 Å². The van der Waals surface area contributed by atoms with Crippen LogP contribution in [0, 0.1) is 0 Å². The second-order valence-electron chi connectivity index (χ2n) is 9.53. The standard InChI is InChI=1S/C31H39N3O5S/c1-38-26-15-9-14-25(18-26)20-34(21-29(35)27(32)19-23-10-5-3-6-11-23)30(36)28(16-17-40-2)33-31(37)39-22-24-12-7-4-8-13-24/h3-15,18,27-29,35H,16-17,19-22,32H2,1-2H3,(H,33,37)/t27-,28?,29+/m0/s1. The van der Waals surface area contributed by atoms with Crippen LogP contribution >= 0.6 is 11.8 Å². The maximum atomic E-state index is 13.9. The minimum Gasteiger partial charge on any atom is -0.497 e. The van der Waals surface area contributed by atoms with Crippen LogP contribution in [0.15, 0.2) is 84.9 Å². The van der Waals surface area contributed by atoms with Gasteiger partial charge < -0.3 is 30.5 Å². The second-order valence-corrected chi connectivity index (χ2v) is 10.5. The van der Waals surface area contributed by atoms with E-state index >= 15 is 0 Å². The predicted molar refractivity (Wildman–Crippen MR) is 159 cm³/mol. The molecular formula is C31H39N3O5S. The van der Waals surface area contributed by atoms with Crippen molar-refractivity contribution in [3.63, 3.8) is 0 Å². The number of amides is 2. The minimum absolute atomic E-state index is 0.000550. The molecule has 1 unspecified atom stereocenters. The summed E-state index contributed by atoms with van der Waals surface area (Å²) in [7, 11) is 1.58. The topological polar surface area (TPSA) is 114 Å². The van der Waals surface area contributed by atoms with Crippen molar-refractivity contribution in [3.05, 3.63) is 102 Å². The van der Waals surface area contributed by atoms with Crippen LogP contribution in [0.3, 0.4) is 0 Å². The van der Waals surface area contributed by atoms with Crippen molar-refractivity contribution in [2.75, 3.05) is 25.7 Å². The molecule has 0 fully saturated rings. The summed E-state index contributed by atoms with van der Waals surface area (Å²) in [5.74, 6) is 0.991. The molecule has 0 bridgehead atoms. The summed E-state index contributed by atoms with van der Waals surface area (Å²) in [4.78, 5) is 28.1. The number of hydrogen-bond donors (Lipinski definition) is 3. The summed E-state index contributed by atoms with van der Waals surface area (Å²) in [5, 5.41) is 13.8. The molecule has 0 aromatic heterocycles. The predicted octanol–water partition coefficient (Wildman–Crippen LogP) is 4.00. The molecule has 0 heterocycles. The van der Waals surface area contributed by atoms with Crippen molar-refractivity contribution in [2.24, 2.45) is 5.73 Å². The first kappa shape index (κ1) is 31.0. The Morgan fingerprint density at radius 2 is 1.62 bits per heavy atom. The van der Waals surface area contributed by atoms with Crippen LogP contribution in [0.2, 0.25) is 0 Å². The third-order valence-corrected chi connectivity index (χ3v) is 7.09. The van der Waals surface area contributed by atoms with Crippen molar-refractivity contribution < 1.29 is 24.2 Å². The maximum Gasteiger partial charge on any atom is 0.408 e. The number of carbonyl (C=O) groups excluding carboxylic acids is 2. The van der Waals surface area contributed by atoms with Crippen LogP contribution in [-0.4, -0.2) is 65.9 Å². The Balaban J connectivity index is 1.76. The zero-order valence-electron chi connectivity index (χ0n) is 23.1. The molecule has 0 radical (unpaired) electrons. The number of carbonyl (C=O) groups is 2. The molecule has 4 N–H and O–H groups in total. The van der Waals surface area contributed by atoms with Gasteiger partial charge in [0.05, 0.1) is 13.2 Å². The van der Waals surface area contributed by atoms with Gasteiger partial charge in [0.15, 0.2) is 0 Å². The Morgan fingerprint density at radius 1 is 0.975 bits per heavy atom. The highest BCUT2D eigenvalue weighted by Crippen LogP contribution is 2.17. The lowest BCUT2D eigenvalue weighted by atomic mass is 10.0. The van der Waals surface area contributed by atoms with Gasteiger partial charge in [-0.05, 0) is 53.7 Å². The largest absolute Gasteiger partial charge is 0.497 e. The van der Waals surface area contributed by atoms with E-state index in [0.717, 1.165) is 16.7 Å². The molecule has 40 heavy (non-hydrogen) atoms. The Kier molecular flexibility index (Phi) is 12.8. The van der Waals surface area contributed by atoms with E-state index in [0.29, 0.717) is 24.3 Å². The first-order chi connectivity index (χ1) is 19.4. The van der Waals surface area contributed by atoms with Crippen LogP contribution in [0.5, 0.6) is 5.75 Å². The summed E-state index contributed by atoms with van der Waals surface area (Å²) < 4.78 is 10.7. The van der Waals surface area contributed by atoms with Crippen molar-refractivity contribution in [1.29, 1.82) is 0 Å². The molecule has 0 spiro atoms. The minimum atomic E-state index is -0.985. The van der Waals surface area contributed by atoms with Gasteiger partial charge in [-0.15, -0.1) is 0 Å². The van der Waals surface area contributed by atoms with Crippen LogP contribution in [0.25, 0.3) is 0 Å². The number of aliphatic hydroxyl groups excluding tert-OH is 1. The van der Waals surface area contributed by atoms with E-state index in [-0.39, 0.29) is 25.6 Å². The molecule has 0 aliphatic carbocycles. The molecular weight excluding hydrogens is 526 g/mol. The monoisotopic (exact) mass is 565 g/mol. The smallest absolute Gasteiger partial charge is 0.408 e. The third-order valence-electron chi connectivity index (χ3n) is 6.45. The van der Waals surface area contributed by atoms with Crippen molar-refractivity contribution in [1.82, 2.24) is 10.2 Å². The lowest BCUT2D eigenvalue weighted by Gasteiger charge is -2.31. The molecule has 0 aliphatic heterocycles. The summed E-state index contributed by atoms with van der Waals surface area (Å²) >= 11 is 1.58. The van der Waals surface area contributed by atoms with Crippen LogP contribution in [0.1, 0.15) is 23.1 Å². The van der Waals surface area contributed by atoms with Gasteiger partial charge in [0.1, 0.15) is 18.4 Å². The lowest BCUT2D eigenvalue weighted by molar-refractivity contribution is -0.135. The number of aliphatic hydroxyl groups is 1. The number of alkyl carbamates (subject to hydrolysis) is 1. The average Bonchev–Trinajstić information content (AvgIpc) is 2.98. The zero-order chi connectivity index (χ0) is 28.7. The van der Waals surface area contributed by atoms with E-state index in [2.05, 4.69) is 5.32 Å². The van der Waals surface area contributed by atoms with Crippen molar-refractivity contribution in [2.45, 2.75) is 44.2 Å². The summed E-state index contributed by atoms with van der Waals surface area (Å²) in [6, 6.07) is 25.0. The molecule has 8 nitrogen and oxygen atoms in total. The molecule has 0 aliphatic rings. The lowest BCUT2D eigenvalue weighted by Crippen LogP contribution is -2.52. The molecule has 3 aromatic carbocycles. The molecule has 9 heteroatoms. The summed E-state index contributed by atoms with van der Waals surface area (Å²) in [6.45, 7) is 0.304. The van der Waals surface area contributed by atoms with Crippen LogP contribution in [0.4, 0.5) is 4.79 Å². The number of nitrogens with two attached hydrogens (primary N) is 1. The number of benzene rings is 3. The van der Waals surface area contributed by atoms with Crippen LogP contribution in [-0.2, 0) is 29.1 Å². The highest BCUT2D eigenvalue weighted by Gasteiger charge is 2.29. The van der Waals surface area contributed by atoms with Gasteiger partial charge >= 0.3 is 6.09 Å². The number of methoxy groups -OCH3 is 1. The van der Waals surface area contributed by atoms with Crippen LogP contribution < -0.4 is 15.8 Å². The molecule has 0 saturated carbocycles. The Morgan fingerprint density at radius 3 is 2.27 bits per heavy atom. The van der Waals surface area contributed by atoms with E-state index in [1.807, 2.05) is 91.2 Å². The normalized spacial score (nSPS) is 13.1. The highest BCUT2D eigenvalue weighted by molar-refractivity contribution is 7.98. The molecule has 0 saturated heterocycles. The van der Waals surface area contributed by atoms with Crippen molar-refractivity contribution >= 4 is 23.8 Å². The number of rotatable bonds is 15. The fraction of sp³-hybridized carbons (Fsp3) is 0.355. The first-order valence-electron chi connectivity index (χ1n) is 13.2. The van der Waals surface area contributed by atoms with Gasteiger partial charge in [-0.2, -0.15) is 11.8 Å². The van der Waals surface area contributed by atoms with E-state index < -0.39 is 24.3 Å². The fourth-order valence-corrected chi connectivity index (χ4v) is 4.70. The Bertz CT molecular complexity index is 1180. The zero-order valence-corrected chi connectivity index (χ0v) is 23.9. The second kappa shape index (κ2) is 16.5. The van der Waals surface area contributed by atoms with Gasteiger partial charge in [-0.1, -0.05) is 72.8 Å². The van der Waals surface area contributed by atoms with Gasteiger partial charge in [0, 0.05) is 19.1 Å². The number of hydrogen-bond acceptors (Lipinski definition) is 7. The highest BCUT2D eigenvalue weighted by atomic mass is 32.2. The molecule has 214 valence electrons. The van der Waals surface area contributed by atoms with Gasteiger partial charge in [0.2, 0.25) is 5.91 Å². The number of ether oxygens (including phenoxy) is 2. The fourth-order valence-electron chi connectivity index (χ4n) is 4.23. The quantitative estimate of drug-likeness (QED) is 0.255. The maximum absolute atomic E-state index is 13.9. The van der Waals surface area contributed by atoms with E-state index in [1.54, 1.807) is 23.8 Å². The van der Waals surface area contributed by atoms with Gasteiger partial charge in [0.25, 0.3) is 0 Å². The Labute approximate surface area is 240 Å². The number of nitrogens with zero attached hydrogens (tertiary/aromatic N) is 1. The summed E-state index contributed by atoms with van der Waals surface area (Å²) in [5.41, 5.74) is 9.04. The van der Waals surface area contributed by atoms with Gasteiger partial charge in [-0.3, -0.25) is 4.79 Å². The SMILES string of the molecule is COc1cccc(CN(C[C@@H](O)[C@@H](N)Cc2ccccc2)C(=O)C(CCSC)NC(=O)OCc2ccccc2)c1. The first-order valence-corrected chi connectivity index (χ1v) is 14.6. The molecule has 3 atom stereocenters. The van der Waals surface area contributed by atoms with Crippen molar-refractivity contribution in [3.8, 4) is 5.75 Å². The molecule has 3 aromatic rings. The molecule has 2 amide bonds. The summed E-state index contributed by atoms with van der Waals surface area (Å²) in [6.07, 6.45) is 1.15. The number of nitrogens with one attached hydrogen (secondary N) is 1. The number of thioether (sulfide) groups is 1. The van der Waals surface area contributed by atoms with Gasteiger partial charge in [-0.25, -0.2) is 4.79 Å². The molecule has 3 rings (SSSR count).